The molecule has 12 aromatic rings. The number of hydrogen-bond donors (Lipinski definition) is 0. The molecule has 0 fully saturated rings. The summed E-state index contributed by atoms with van der Waals surface area (Å²) in [5.74, 6) is 0. The summed E-state index contributed by atoms with van der Waals surface area (Å²) in [6, 6.07) is 98.9. The van der Waals surface area contributed by atoms with E-state index < -0.39 is 5.41 Å². The van der Waals surface area contributed by atoms with Gasteiger partial charge in [0, 0.05) is 38.9 Å². The average molecular weight is 919 g/mol. The normalized spacial score (nSPS) is 13.6. The van der Waals surface area contributed by atoms with Gasteiger partial charge in [-0.2, -0.15) is 0 Å². The zero-order valence-electron chi connectivity index (χ0n) is 40.3. The molecule has 0 atom stereocenters. The SMILES string of the molecule is CC1(C)c2ccccc2-c2cc(N(c3ccccc3)c3cccc(-c4cccc(-c5ccc6c(c5)c5ccccc5n6-c5ccc6c(c5)-c5ccccc5C6(c5ccccc5)c5ccccc5)c4)c3)ccc21. The van der Waals surface area contributed by atoms with Gasteiger partial charge in [-0.1, -0.05) is 208 Å². The number of anilines is 3. The van der Waals surface area contributed by atoms with Crippen molar-refractivity contribution in [1.29, 1.82) is 0 Å². The van der Waals surface area contributed by atoms with Gasteiger partial charge in [0.1, 0.15) is 0 Å². The van der Waals surface area contributed by atoms with Gasteiger partial charge in [-0.3, -0.25) is 0 Å². The molecule has 0 amide bonds. The number of aromatic nitrogens is 1. The molecule has 0 spiro atoms. The molecule has 14 rings (SSSR count). The summed E-state index contributed by atoms with van der Waals surface area (Å²) in [6.45, 7) is 4.69. The van der Waals surface area contributed by atoms with Crippen molar-refractivity contribution in [1.82, 2.24) is 4.57 Å². The molecule has 0 unspecified atom stereocenters. The summed E-state index contributed by atoms with van der Waals surface area (Å²) in [6.07, 6.45) is 0. The predicted octanol–water partition coefficient (Wildman–Crippen LogP) is 18.3. The molecule has 2 aliphatic rings. The Balaban J connectivity index is 0.855. The Bertz CT molecular complexity index is 4030. The molecule has 72 heavy (non-hydrogen) atoms. The van der Waals surface area contributed by atoms with Crippen molar-refractivity contribution < 1.29 is 0 Å². The van der Waals surface area contributed by atoms with Gasteiger partial charge in [-0.15, -0.1) is 0 Å². The van der Waals surface area contributed by atoms with E-state index in [1.54, 1.807) is 0 Å². The van der Waals surface area contributed by atoms with E-state index in [4.69, 9.17) is 0 Å². The first-order chi connectivity index (χ1) is 35.5. The van der Waals surface area contributed by atoms with Gasteiger partial charge in [0.2, 0.25) is 0 Å². The molecule has 2 heteroatoms. The summed E-state index contributed by atoms with van der Waals surface area (Å²) in [5, 5.41) is 2.47. The summed E-state index contributed by atoms with van der Waals surface area (Å²) in [7, 11) is 0. The van der Waals surface area contributed by atoms with Gasteiger partial charge >= 0.3 is 0 Å². The number of benzene rings is 11. The lowest BCUT2D eigenvalue weighted by Gasteiger charge is -2.33. The highest BCUT2D eigenvalue weighted by Gasteiger charge is 2.46. The van der Waals surface area contributed by atoms with Gasteiger partial charge in [0.05, 0.1) is 16.4 Å². The fourth-order valence-corrected chi connectivity index (χ4v) is 12.6. The van der Waals surface area contributed by atoms with Crippen LogP contribution in [0.1, 0.15) is 47.2 Å². The summed E-state index contributed by atoms with van der Waals surface area (Å²) in [5.41, 5.74) is 24.3. The number of fused-ring (bicyclic) bond motifs is 9. The van der Waals surface area contributed by atoms with Crippen molar-refractivity contribution in [2.75, 3.05) is 4.90 Å². The fraction of sp³-hybridized carbons (Fsp3) is 0.0571. The maximum absolute atomic E-state index is 2.46. The molecule has 2 aliphatic carbocycles. The highest BCUT2D eigenvalue weighted by atomic mass is 15.1. The topological polar surface area (TPSA) is 8.17 Å². The minimum atomic E-state index is -0.438. The van der Waals surface area contributed by atoms with Crippen LogP contribution in [0.3, 0.4) is 0 Å². The van der Waals surface area contributed by atoms with Crippen LogP contribution < -0.4 is 4.90 Å². The quantitative estimate of drug-likeness (QED) is 0.147. The second-order valence-corrected chi connectivity index (χ2v) is 20.0. The van der Waals surface area contributed by atoms with E-state index in [0.717, 1.165) is 22.7 Å². The maximum Gasteiger partial charge on any atom is 0.0713 e. The fourth-order valence-electron chi connectivity index (χ4n) is 12.6. The summed E-state index contributed by atoms with van der Waals surface area (Å²) < 4.78 is 2.46. The van der Waals surface area contributed by atoms with E-state index in [1.807, 2.05) is 0 Å². The standard InChI is InChI=1S/C70H50N2/c1-69(2)63-33-15-12-30-57(63)60-45-55(37-39-64(60)69)71(53-27-10-5-11-28-53)54-29-19-22-49(43-54)47-20-18-21-48(42-47)50-36-41-68-62(44-50)59-32-14-17-35-67(59)72(68)56-38-40-66-61(46-56)58-31-13-16-34-65(58)70(66,51-23-6-3-7-24-51)52-25-8-4-9-26-52/h3-46H,1-2H3. The molecule has 11 aromatic carbocycles. The first-order valence-electron chi connectivity index (χ1n) is 25.2. The monoisotopic (exact) mass is 918 g/mol. The zero-order valence-corrected chi connectivity index (χ0v) is 40.3. The molecule has 0 bridgehead atoms. The van der Waals surface area contributed by atoms with Gasteiger partial charge in [0.25, 0.3) is 0 Å². The molecule has 0 radical (unpaired) electrons. The lowest BCUT2D eigenvalue weighted by atomic mass is 9.68. The van der Waals surface area contributed by atoms with Crippen LogP contribution in [0, 0.1) is 0 Å². The van der Waals surface area contributed by atoms with E-state index in [9.17, 15) is 0 Å². The van der Waals surface area contributed by atoms with Gasteiger partial charge in [0.15, 0.2) is 0 Å². The van der Waals surface area contributed by atoms with Crippen LogP contribution in [0.2, 0.25) is 0 Å². The van der Waals surface area contributed by atoms with E-state index >= 15 is 0 Å². The van der Waals surface area contributed by atoms with E-state index in [0.29, 0.717) is 0 Å². The lowest BCUT2D eigenvalue weighted by Crippen LogP contribution is -2.28. The molecule has 340 valence electrons. The largest absolute Gasteiger partial charge is 0.310 e. The number of nitrogens with zero attached hydrogens (tertiary/aromatic N) is 2. The van der Waals surface area contributed by atoms with Gasteiger partial charge < -0.3 is 9.47 Å². The van der Waals surface area contributed by atoms with Crippen LogP contribution in [-0.2, 0) is 10.8 Å². The third-order valence-corrected chi connectivity index (χ3v) is 15.8. The van der Waals surface area contributed by atoms with E-state index in [-0.39, 0.29) is 5.41 Å². The lowest BCUT2D eigenvalue weighted by molar-refractivity contribution is 0.660. The molecule has 0 N–H and O–H groups in total. The van der Waals surface area contributed by atoms with Crippen molar-refractivity contribution in [2.45, 2.75) is 24.7 Å². The highest BCUT2D eigenvalue weighted by molar-refractivity contribution is 6.10. The minimum absolute atomic E-state index is 0.0510. The molecule has 1 heterocycles. The van der Waals surface area contributed by atoms with Crippen LogP contribution in [0.15, 0.2) is 267 Å². The van der Waals surface area contributed by atoms with Gasteiger partial charge in [-0.25, -0.2) is 0 Å². The van der Waals surface area contributed by atoms with Crippen LogP contribution in [0.4, 0.5) is 17.1 Å². The molecule has 0 aliphatic heterocycles. The number of para-hydroxylation sites is 2. The minimum Gasteiger partial charge on any atom is -0.310 e. The van der Waals surface area contributed by atoms with Crippen molar-refractivity contribution in [3.05, 3.63) is 300 Å². The average Bonchev–Trinajstić information content (AvgIpc) is 4.02. The Hall–Kier alpha value is -8.98. The molecular weight excluding hydrogens is 869 g/mol. The third kappa shape index (κ3) is 6.28. The van der Waals surface area contributed by atoms with E-state index in [2.05, 4.69) is 290 Å². The van der Waals surface area contributed by atoms with Crippen molar-refractivity contribution in [3.63, 3.8) is 0 Å². The molecular formula is C70H50N2. The molecule has 1 aromatic heterocycles. The second-order valence-electron chi connectivity index (χ2n) is 20.0. The van der Waals surface area contributed by atoms with Crippen LogP contribution in [0.25, 0.3) is 72.0 Å². The van der Waals surface area contributed by atoms with Crippen molar-refractivity contribution >= 4 is 38.9 Å². The molecule has 0 saturated carbocycles. The Labute approximate surface area is 421 Å². The smallest absolute Gasteiger partial charge is 0.0713 e. The van der Waals surface area contributed by atoms with E-state index in [1.165, 1.54) is 99.7 Å². The zero-order chi connectivity index (χ0) is 48.0. The van der Waals surface area contributed by atoms with Crippen LogP contribution >= 0.6 is 0 Å². The highest BCUT2D eigenvalue weighted by Crippen LogP contribution is 2.57. The summed E-state index contributed by atoms with van der Waals surface area (Å²) >= 11 is 0. The Morgan fingerprint density at radius 3 is 1.54 bits per heavy atom. The third-order valence-electron chi connectivity index (χ3n) is 15.8. The van der Waals surface area contributed by atoms with Crippen molar-refractivity contribution in [2.24, 2.45) is 0 Å². The second kappa shape index (κ2) is 16.3. The summed E-state index contributed by atoms with van der Waals surface area (Å²) in [4.78, 5) is 2.40. The number of rotatable bonds is 8. The molecule has 2 nitrogen and oxygen atoms in total. The Morgan fingerprint density at radius 2 is 0.806 bits per heavy atom. The Morgan fingerprint density at radius 1 is 0.306 bits per heavy atom. The van der Waals surface area contributed by atoms with Crippen LogP contribution in [-0.4, -0.2) is 4.57 Å². The molecule has 0 saturated heterocycles. The maximum atomic E-state index is 2.46. The predicted molar refractivity (Wildman–Crippen MR) is 301 cm³/mol. The first-order valence-corrected chi connectivity index (χ1v) is 25.2. The van der Waals surface area contributed by atoms with Gasteiger partial charge in [-0.05, 0) is 151 Å². The number of hydrogen-bond acceptors (Lipinski definition) is 1. The Kier molecular flexibility index (Phi) is 9.50. The van der Waals surface area contributed by atoms with Crippen LogP contribution in [0.5, 0.6) is 0 Å². The first kappa shape index (κ1) is 41.9. The van der Waals surface area contributed by atoms with Crippen molar-refractivity contribution in [3.8, 4) is 50.2 Å².